The fourth-order valence-electron chi connectivity index (χ4n) is 6.86. The normalized spacial score (nSPS) is 14.5. The number of para-hydroxylation sites is 2. The molecule has 0 saturated heterocycles. The molecule has 1 aliphatic carbocycles. The van der Waals surface area contributed by atoms with Crippen LogP contribution < -0.4 is 0 Å². The number of allylic oxidation sites excluding steroid dienone is 1. The topological polar surface area (TPSA) is 52.5 Å². The van der Waals surface area contributed by atoms with Gasteiger partial charge < -0.3 is 4.57 Å². The predicted molar refractivity (Wildman–Crippen MR) is 180 cm³/mol. The van der Waals surface area contributed by atoms with E-state index in [1.54, 1.807) is 11.3 Å². The lowest BCUT2D eigenvalue weighted by molar-refractivity contribution is 0.827. The zero-order valence-electron chi connectivity index (χ0n) is 22.8. The predicted octanol–water partition coefficient (Wildman–Crippen LogP) is 10.5. The van der Waals surface area contributed by atoms with Crippen LogP contribution in [0.2, 0.25) is 0 Å². The molecule has 200 valence electrons. The maximum Gasteiger partial charge on any atom is 0.0992 e. The Morgan fingerprint density at radius 2 is 1.30 bits per heavy atom. The minimum Gasteiger partial charge on any atom is -0.309 e. The van der Waals surface area contributed by atoms with Crippen LogP contribution in [-0.2, 0) is 6.42 Å². The standard InChI is InChI=1S/C38H21N3S2/c39-20-22-10-13-35-28(15-22)30-18-31-29-17-24(11-14-36(29)43-38(31)19-37(30)42-35)25-12-9-23(21-40)16-34(25)41-32-7-3-1-5-26(32)27-6-2-4-8-33(27)41/h1-16,18-19,24H,17H2. The Morgan fingerprint density at radius 3 is 2.07 bits per heavy atom. The van der Waals surface area contributed by atoms with Gasteiger partial charge in [-0.2, -0.15) is 10.5 Å². The highest BCUT2D eigenvalue weighted by Gasteiger charge is 2.25. The Bertz CT molecular complexity index is 2530. The molecule has 1 unspecified atom stereocenters. The van der Waals surface area contributed by atoms with Gasteiger partial charge >= 0.3 is 0 Å². The monoisotopic (exact) mass is 583 g/mol. The fourth-order valence-corrected chi connectivity index (χ4v) is 9.21. The van der Waals surface area contributed by atoms with E-state index in [4.69, 9.17) is 0 Å². The van der Waals surface area contributed by atoms with E-state index in [0.717, 1.165) is 28.5 Å². The van der Waals surface area contributed by atoms with Crippen molar-refractivity contribution in [3.05, 3.63) is 130 Å². The molecule has 9 rings (SSSR count). The van der Waals surface area contributed by atoms with Crippen LogP contribution in [0.4, 0.5) is 0 Å². The van der Waals surface area contributed by atoms with Crippen LogP contribution in [0, 0.1) is 22.7 Å². The third-order valence-corrected chi connectivity index (χ3v) is 11.1. The van der Waals surface area contributed by atoms with Crippen molar-refractivity contribution in [3.8, 4) is 17.8 Å². The summed E-state index contributed by atoms with van der Waals surface area (Å²) < 4.78 is 6.12. The van der Waals surface area contributed by atoms with E-state index in [-0.39, 0.29) is 5.92 Å². The number of aromatic nitrogens is 1. The molecule has 0 fully saturated rings. The average Bonchev–Trinajstić information content (AvgIpc) is 3.71. The highest BCUT2D eigenvalue weighted by atomic mass is 32.1. The molecule has 3 aromatic heterocycles. The molecule has 0 spiro atoms. The van der Waals surface area contributed by atoms with Crippen molar-refractivity contribution in [2.24, 2.45) is 0 Å². The van der Waals surface area contributed by atoms with Crippen LogP contribution in [0.25, 0.3) is 63.8 Å². The lowest BCUT2D eigenvalue weighted by Gasteiger charge is -2.22. The molecule has 5 heteroatoms. The Hall–Kier alpha value is -5.20. The molecule has 0 radical (unpaired) electrons. The van der Waals surface area contributed by atoms with Gasteiger partial charge in [0.25, 0.3) is 0 Å². The minimum absolute atomic E-state index is 0.160. The smallest absolute Gasteiger partial charge is 0.0992 e. The van der Waals surface area contributed by atoms with E-state index in [1.807, 2.05) is 29.5 Å². The molecule has 5 aromatic carbocycles. The number of nitrogens with zero attached hydrogens (tertiary/aromatic N) is 3. The van der Waals surface area contributed by atoms with Crippen molar-refractivity contribution in [3.63, 3.8) is 0 Å². The molecule has 1 atom stereocenters. The summed E-state index contributed by atoms with van der Waals surface area (Å²) in [6.07, 6.45) is 5.52. The molecule has 43 heavy (non-hydrogen) atoms. The number of thiophene rings is 2. The highest BCUT2D eigenvalue weighted by Crippen LogP contribution is 2.45. The van der Waals surface area contributed by atoms with Gasteiger partial charge in [-0.1, -0.05) is 48.5 Å². The van der Waals surface area contributed by atoms with E-state index in [0.29, 0.717) is 11.1 Å². The second-order valence-electron chi connectivity index (χ2n) is 11.1. The molecule has 1 aliphatic rings. The first kappa shape index (κ1) is 24.4. The molecule has 0 amide bonds. The highest BCUT2D eigenvalue weighted by molar-refractivity contribution is 7.26. The number of fused-ring (bicyclic) bond motifs is 9. The van der Waals surface area contributed by atoms with Gasteiger partial charge in [0.05, 0.1) is 40.0 Å². The van der Waals surface area contributed by atoms with Crippen LogP contribution in [0.3, 0.4) is 0 Å². The number of nitriles is 2. The first-order valence-corrected chi connectivity index (χ1v) is 15.9. The summed E-state index contributed by atoms with van der Waals surface area (Å²) in [4.78, 5) is 1.32. The minimum atomic E-state index is 0.160. The van der Waals surface area contributed by atoms with Crippen molar-refractivity contribution < 1.29 is 0 Å². The van der Waals surface area contributed by atoms with Gasteiger partial charge in [0.15, 0.2) is 0 Å². The van der Waals surface area contributed by atoms with Crippen LogP contribution >= 0.6 is 22.7 Å². The third-order valence-electron chi connectivity index (χ3n) is 8.83. The molecular weight excluding hydrogens is 563 g/mol. The van der Waals surface area contributed by atoms with E-state index in [2.05, 4.69) is 108 Å². The number of benzene rings is 5. The van der Waals surface area contributed by atoms with Gasteiger partial charge in [0, 0.05) is 46.4 Å². The number of hydrogen-bond acceptors (Lipinski definition) is 4. The van der Waals surface area contributed by atoms with E-state index >= 15 is 0 Å². The zero-order chi connectivity index (χ0) is 28.7. The molecule has 0 aliphatic heterocycles. The zero-order valence-corrected chi connectivity index (χ0v) is 24.5. The quantitative estimate of drug-likeness (QED) is 0.203. The average molecular weight is 584 g/mol. The van der Waals surface area contributed by atoms with E-state index in [1.165, 1.54) is 51.6 Å². The second-order valence-corrected chi connectivity index (χ2v) is 13.3. The summed E-state index contributed by atoms with van der Waals surface area (Å²) in [6.45, 7) is 0. The Balaban J connectivity index is 1.23. The number of rotatable bonds is 2. The Morgan fingerprint density at radius 1 is 0.628 bits per heavy atom. The molecule has 0 saturated carbocycles. The van der Waals surface area contributed by atoms with Crippen LogP contribution in [0.5, 0.6) is 0 Å². The molecule has 8 aromatic rings. The van der Waals surface area contributed by atoms with Gasteiger partial charge in [-0.15, -0.1) is 22.7 Å². The summed E-state index contributed by atoms with van der Waals surface area (Å²) in [5.74, 6) is 0.160. The molecule has 0 N–H and O–H groups in total. The first-order valence-electron chi connectivity index (χ1n) is 14.2. The van der Waals surface area contributed by atoms with Crippen molar-refractivity contribution in [1.82, 2.24) is 4.57 Å². The van der Waals surface area contributed by atoms with Crippen molar-refractivity contribution in [1.29, 1.82) is 10.5 Å². The van der Waals surface area contributed by atoms with Crippen LogP contribution in [0.15, 0.2) is 103 Å². The maximum atomic E-state index is 9.90. The SMILES string of the molecule is N#Cc1ccc(C2C=Cc3sc4cc5sc6ccc(C#N)cc6c5cc4c3C2)c(-n2c3ccccc3c3ccccc32)c1. The number of hydrogen-bond donors (Lipinski definition) is 0. The summed E-state index contributed by atoms with van der Waals surface area (Å²) in [5, 5.41) is 25.5. The lowest BCUT2D eigenvalue weighted by Crippen LogP contribution is -2.09. The summed E-state index contributed by atoms with van der Waals surface area (Å²) in [5.41, 5.74) is 7.29. The van der Waals surface area contributed by atoms with E-state index < -0.39 is 0 Å². The van der Waals surface area contributed by atoms with Crippen LogP contribution in [-0.4, -0.2) is 4.57 Å². The van der Waals surface area contributed by atoms with Gasteiger partial charge in [-0.3, -0.25) is 0 Å². The van der Waals surface area contributed by atoms with Crippen LogP contribution in [0.1, 0.15) is 33.0 Å². The summed E-state index contributed by atoms with van der Waals surface area (Å²) in [6, 6.07) is 38.6. The van der Waals surface area contributed by atoms with E-state index in [9.17, 15) is 10.5 Å². The van der Waals surface area contributed by atoms with Crippen molar-refractivity contribution in [2.75, 3.05) is 0 Å². The maximum absolute atomic E-state index is 9.90. The van der Waals surface area contributed by atoms with Crippen molar-refractivity contribution >= 4 is 80.8 Å². The van der Waals surface area contributed by atoms with Gasteiger partial charge in [-0.05, 0) is 83.6 Å². The largest absolute Gasteiger partial charge is 0.309 e. The Kier molecular flexibility index (Phi) is 5.19. The summed E-state index contributed by atoms with van der Waals surface area (Å²) >= 11 is 3.66. The fraction of sp³-hybridized carbons (Fsp3) is 0.0526. The Labute approximate surface area is 255 Å². The molecule has 3 heterocycles. The molecule has 3 nitrogen and oxygen atoms in total. The van der Waals surface area contributed by atoms with Crippen molar-refractivity contribution in [2.45, 2.75) is 12.3 Å². The lowest BCUT2D eigenvalue weighted by atomic mass is 9.85. The molecular formula is C38H21N3S2. The molecule has 0 bridgehead atoms. The second kappa shape index (κ2) is 9.15. The summed E-state index contributed by atoms with van der Waals surface area (Å²) in [7, 11) is 0. The van der Waals surface area contributed by atoms with Gasteiger partial charge in [0.2, 0.25) is 0 Å². The third kappa shape index (κ3) is 3.57. The first-order chi connectivity index (χ1) is 21.2. The van der Waals surface area contributed by atoms with Gasteiger partial charge in [-0.25, -0.2) is 0 Å². The van der Waals surface area contributed by atoms with Gasteiger partial charge in [0.1, 0.15) is 0 Å².